The van der Waals surface area contributed by atoms with Crippen LogP contribution in [0.15, 0.2) is 24.4 Å². The lowest BCUT2D eigenvalue weighted by atomic mass is 10.1. The number of pyridine rings is 2. The monoisotopic (exact) mass is 266 g/mol. The first kappa shape index (κ1) is 12.3. The van der Waals surface area contributed by atoms with Crippen molar-refractivity contribution in [1.82, 2.24) is 9.97 Å². The van der Waals surface area contributed by atoms with Gasteiger partial charge in [-0.1, -0.05) is 36.2 Å². The molecule has 0 aliphatic carbocycles. The van der Waals surface area contributed by atoms with Crippen molar-refractivity contribution in [3.8, 4) is 11.4 Å². The summed E-state index contributed by atoms with van der Waals surface area (Å²) in [5.74, 6) is 0. The van der Waals surface area contributed by atoms with Gasteiger partial charge in [0.05, 0.1) is 10.7 Å². The summed E-state index contributed by atoms with van der Waals surface area (Å²) >= 11 is 12.0. The summed E-state index contributed by atoms with van der Waals surface area (Å²) in [5, 5.41) is 0.986. The van der Waals surface area contributed by atoms with Crippen molar-refractivity contribution in [2.24, 2.45) is 0 Å². The fourth-order valence-corrected chi connectivity index (χ4v) is 2.00. The Kier molecular flexibility index (Phi) is 3.65. The molecule has 0 aromatic carbocycles. The fraction of sp³-hybridized carbons (Fsp3) is 0.231. The molecule has 0 bridgehead atoms. The Hall–Kier alpha value is -1.12. The average Bonchev–Trinajstić information content (AvgIpc) is 2.32. The van der Waals surface area contributed by atoms with Crippen LogP contribution in [0.5, 0.6) is 0 Å². The lowest BCUT2D eigenvalue weighted by Gasteiger charge is -2.08. The van der Waals surface area contributed by atoms with Gasteiger partial charge in [0.25, 0.3) is 0 Å². The molecule has 2 heterocycles. The van der Waals surface area contributed by atoms with Crippen molar-refractivity contribution in [1.29, 1.82) is 0 Å². The number of aromatic nitrogens is 2. The lowest BCUT2D eigenvalue weighted by Crippen LogP contribution is -1.94. The molecule has 0 atom stereocenters. The molecule has 0 spiro atoms. The van der Waals surface area contributed by atoms with Crippen LogP contribution in [0.2, 0.25) is 10.2 Å². The van der Waals surface area contributed by atoms with E-state index in [2.05, 4.69) is 23.0 Å². The van der Waals surface area contributed by atoms with Gasteiger partial charge in [-0.25, -0.2) is 4.98 Å². The molecular weight excluding hydrogens is 255 g/mol. The van der Waals surface area contributed by atoms with Gasteiger partial charge in [-0.3, -0.25) is 4.98 Å². The van der Waals surface area contributed by atoms with Crippen LogP contribution in [0.25, 0.3) is 11.4 Å². The SMILES string of the molecule is CCc1cnc(-c2nc(Cl)ccc2Cl)c(C)c1. The van der Waals surface area contributed by atoms with Crippen LogP contribution < -0.4 is 0 Å². The average molecular weight is 267 g/mol. The van der Waals surface area contributed by atoms with E-state index < -0.39 is 0 Å². The number of hydrogen-bond donors (Lipinski definition) is 0. The molecule has 17 heavy (non-hydrogen) atoms. The van der Waals surface area contributed by atoms with Gasteiger partial charge < -0.3 is 0 Å². The van der Waals surface area contributed by atoms with Crippen molar-refractivity contribution in [3.63, 3.8) is 0 Å². The molecule has 0 radical (unpaired) electrons. The van der Waals surface area contributed by atoms with Crippen molar-refractivity contribution >= 4 is 23.2 Å². The largest absolute Gasteiger partial charge is 0.254 e. The molecule has 2 nitrogen and oxygen atoms in total. The predicted molar refractivity (Wildman–Crippen MR) is 71.6 cm³/mol. The van der Waals surface area contributed by atoms with E-state index in [0.29, 0.717) is 15.9 Å². The highest BCUT2D eigenvalue weighted by Gasteiger charge is 2.10. The molecule has 4 heteroatoms. The molecule has 0 aliphatic heterocycles. The van der Waals surface area contributed by atoms with E-state index in [1.807, 2.05) is 13.1 Å². The zero-order valence-corrected chi connectivity index (χ0v) is 11.2. The summed E-state index contributed by atoms with van der Waals surface area (Å²) in [4.78, 5) is 8.65. The number of hydrogen-bond acceptors (Lipinski definition) is 2. The van der Waals surface area contributed by atoms with E-state index in [4.69, 9.17) is 23.2 Å². The molecule has 0 unspecified atom stereocenters. The van der Waals surface area contributed by atoms with E-state index >= 15 is 0 Å². The molecule has 0 N–H and O–H groups in total. The molecule has 2 aromatic rings. The third kappa shape index (κ3) is 2.59. The normalized spacial score (nSPS) is 10.6. The highest BCUT2D eigenvalue weighted by Crippen LogP contribution is 2.28. The van der Waals surface area contributed by atoms with E-state index in [0.717, 1.165) is 17.7 Å². The second kappa shape index (κ2) is 5.03. The summed E-state index contributed by atoms with van der Waals surface area (Å²) in [5.41, 5.74) is 3.68. The minimum atomic E-state index is 0.421. The molecule has 0 aliphatic rings. The Balaban J connectivity index is 2.56. The first-order valence-electron chi connectivity index (χ1n) is 5.39. The van der Waals surface area contributed by atoms with Crippen molar-refractivity contribution in [3.05, 3.63) is 45.7 Å². The quantitative estimate of drug-likeness (QED) is 0.757. The Morgan fingerprint density at radius 1 is 1.18 bits per heavy atom. The number of rotatable bonds is 2. The second-order valence-corrected chi connectivity index (χ2v) is 4.62. The Morgan fingerprint density at radius 3 is 2.59 bits per heavy atom. The molecule has 0 amide bonds. The van der Waals surface area contributed by atoms with E-state index in [-0.39, 0.29) is 0 Å². The van der Waals surface area contributed by atoms with Gasteiger partial charge in [0, 0.05) is 6.20 Å². The van der Waals surface area contributed by atoms with Crippen LogP contribution >= 0.6 is 23.2 Å². The first-order valence-corrected chi connectivity index (χ1v) is 6.15. The summed E-state index contributed by atoms with van der Waals surface area (Å²) in [6.45, 7) is 4.10. The van der Waals surface area contributed by atoms with Gasteiger partial charge in [-0.15, -0.1) is 0 Å². The topological polar surface area (TPSA) is 25.8 Å². The second-order valence-electron chi connectivity index (χ2n) is 3.83. The number of halogens is 2. The first-order chi connectivity index (χ1) is 8.11. The van der Waals surface area contributed by atoms with Crippen molar-refractivity contribution < 1.29 is 0 Å². The maximum Gasteiger partial charge on any atom is 0.129 e. The van der Waals surface area contributed by atoms with E-state index in [1.165, 1.54) is 5.56 Å². The van der Waals surface area contributed by atoms with E-state index in [9.17, 15) is 0 Å². The minimum Gasteiger partial charge on any atom is -0.254 e. The highest BCUT2D eigenvalue weighted by atomic mass is 35.5. The Bertz CT molecular complexity index is 553. The fourth-order valence-electron chi connectivity index (χ4n) is 1.66. The summed E-state index contributed by atoms with van der Waals surface area (Å²) < 4.78 is 0. The van der Waals surface area contributed by atoms with Crippen LogP contribution in [-0.4, -0.2) is 9.97 Å². The van der Waals surface area contributed by atoms with Crippen LogP contribution in [0.4, 0.5) is 0 Å². The predicted octanol–water partition coefficient (Wildman–Crippen LogP) is 4.32. The number of nitrogens with zero attached hydrogens (tertiary/aromatic N) is 2. The third-order valence-electron chi connectivity index (χ3n) is 2.58. The molecule has 88 valence electrons. The maximum absolute atomic E-state index is 6.12. The van der Waals surface area contributed by atoms with Gasteiger partial charge in [0.1, 0.15) is 10.8 Å². The maximum atomic E-state index is 6.12. The lowest BCUT2D eigenvalue weighted by molar-refractivity contribution is 1.09. The standard InChI is InChI=1S/C13H12Cl2N2/c1-3-9-6-8(2)12(16-7-9)13-10(14)4-5-11(15)17-13/h4-7H,3H2,1-2H3. The zero-order valence-electron chi connectivity index (χ0n) is 9.67. The van der Waals surface area contributed by atoms with Crippen LogP contribution in [-0.2, 0) is 6.42 Å². The van der Waals surface area contributed by atoms with Crippen LogP contribution in [0.3, 0.4) is 0 Å². The summed E-state index contributed by atoms with van der Waals surface area (Å²) in [7, 11) is 0. The van der Waals surface area contributed by atoms with Gasteiger partial charge in [-0.05, 0) is 36.6 Å². The van der Waals surface area contributed by atoms with Crippen LogP contribution in [0, 0.1) is 6.92 Å². The third-order valence-corrected chi connectivity index (χ3v) is 3.09. The molecule has 0 saturated heterocycles. The Labute approximate surface area is 111 Å². The molecule has 0 saturated carbocycles. The van der Waals surface area contributed by atoms with Crippen LogP contribution in [0.1, 0.15) is 18.1 Å². The van der Waals surface area contributed by atoms with Gasteiger partial charge >= 0.3 is 0 Å². The highest BCUT2D eigenvalue weighted by molar-refractivity contribution is 6.34. The zero-order chi connectivity index (χ0) is 12.4. The minimum absolute atomic E-state index is 0.421. The molecular formula is C13H12Cl2N2. The van der Waals surface area contributed by atoms with Crippen molar-refractivity contribution in [2.45, 2.75) is 20.3 Å². The summed E-state index contributed by atoms with van der Waals surface area (Å²) in [6.07, 6.45) is 2.81. The molecule has 0 fully saturated rings. The van der Waals surface area contributed by atoms with E-state index in [1.54, 1.807) is 12.1 Å². The van der Waals surface area contributed by atoms with Gasteiger partial charge in [-0.2, -0.15) is 0 Å². The van der Waals surface area contributed by atoms with Crippen molar-refractivity contribution in [2.75, 3.05) is 0 Å². The summed E-state index contributed by atoms with van der Waals surface area (Å²) in [6, 6.07) is 5.51. The van der Waals surface area contributed by atoms with Gasteiger partial charge in [0.15, 0.2) is 0 Å². The Morgan fingerprint density at radius 2 is 1.94 bits per heavy atom. The number of aryl methyl sites for hydroxylation is 2. The molecule has 2 aromatic heterocycles. The smallest absolute Gasteiger partial charge is 0.129 e. The van der Waals surface area contributed by atoms with Gasteiger partial charge in [0.2, 0.25) is 0 Å². The molecule has 2 rings (SSSR count).